The van der Waals surface area contributed by atoms with Crippen molar-refractivity contribution in [2.24, 2.45) is 0 Å². The third-order valence-electron chi connectivity index (χ3n) is 21.9. The molecule has 2 fully saturated rings. The van der Waals surface area contributed by atoms with Crippen molar-refractivity contribution in [1.29, 1.82) is 0 Å². The molecule has 0 unspecified atom stereocenters. The number of benzene rings is 18. The van der Waals surface area contributed by atoms with Crippen LogP contribution in [0, 0.1) is 6.07 Å². The van der Waals surface area contributed by atoms with Gasteiger partial charge in [0.1, 0.15) is 0 Å². The maximum Gasteiger partial charge on any atom is 2.00 e. The van der Waals surface area contributed by atoms with Crippen molar-refractivity contribution in [3.63, 3.8) is 0 Å². The van der Waals surface area contributed by atoms with Crippen LogP contribution in [0.3, 0.4) is 0 Å². The molecular weight excluding hydrogens is 2510 g/mol. The van der Waals surface area contributed by atoms with Gasteiger partial charge in [-0.2, -0.15) is 30.3 Å². The van der Waals surface area contributed by atoms with Crippen LogP contribution in [0.15, 0.2) is 529 Å². The van der Waals surface area contributed by atoms with Crippen molar-refractivity contribution in [2.45, 2.75) is 25.7 Å². The topological polar surface area (TPSA) is 138 Å². The Labute approximate surface area is 961 Å². The maximum atomic E-state index is 15.5. The van der Waals surface area contributed by atoms with E-state index in [2.05, 4.69) is 118 Å². The number of halogens is 10. The van der Waals surface area contributed by atoms with Gasteiger partial charge < -0.3 is 52.1 Å². The van der Waals surface area contributed by atoms with Gasteiger partial charge in [-0.25, -0.2) is 0 Å². The minimum Gasteiger partial charge on any atom is -1.00 e. The van der Waals surface area contributed by atoms with Crippen LogP contribution < -0.4 is 112 Å². The fourth-order valence-electron chi connectivity index (χ4n) is 14.7. The van der Waals surface area contributed by atoms with Gasteiger partial charge in [-0.3, -0.25) is 4.57 Å². The molecule has 9 nitrogen and oxygen atoms in total. The van der Waals surface area contributed by atoms with Crippen LogP contribution in [-0.4, -0.2) is 72.5 Å². The summed E-state index contributed by atoms with van der Waals surface area (Å²) in [5.41, 5.74) is 0. The van der Waals surface area contributed by atoms with Crippen LogP contribution in [0.1, 0.15) is 28.5 Å². The van der Waals surface area contributed by atoms with Crippen molar-refractivity contribution >= 4 is 325 Å². The summed E-state index contributed by atoms with van der Waals surface area (Å²) < 4.78 is 114. The summed E-state index contributed by atoms with van der Waals surface area (Å²) in [7, 11) is -16.9. The molecule has 2 aliphatic heterocycles. The molecule has 0 atom stereocenters. The summed E-state index contributed by atoms with van der Waals surface area (Å²) in [6.07, 6.45) is 5.11. The monoisotopic (exact) mass is 2600 g/mol. The molecule has 28 heteroatoms. The van der Waals surface area contributed by atoms with Gasteiger partial charge in [0.25, 0.3) is 5.85 Å². The first-order valence-corrected chi connectivity index (χ1v) is 63.7. The predicted octanol–water partition coefficient (Wildman–Crippen LogP) is 25.3. The van der Waals surface area contributed by atoms with E-state index in [9.17, 15) is 27.4 Å². The van der Waals surface area contributed by atoms with Crippen LogP contribution in [-0.2, 0) is 41.4 Å². The number of ether oxygens (including phenoxy) is 2. The molecule has 20 rings (SSSR count). The van der Waals surface area contributed by atoms with Gasteiger partial charge >= 0.3 is 53.9 Å². The van der Waals surface area contributed by atoms with E-state index in [1.54, 1.807) is 24.3 Å². The summed E-state index contributed by atoms with van der Waals surface area (Å²) >= 11 is 34.5. The van der Waals surface area contributed by atoms with Gasteiger partial charge in [0.2, 0.25) is 0 Å². The minimum absolute atomic E-state index is 0. The molecule has 0 aliphatic carbocycles. The van der Waals surface area contributed by atoms with Crippen molar-refractivity contribution in [3.8, 4) is 0 Å². The minimum atomic E-state index is -3.39. The summed E-state index contributed by atoms with van der Waals surface area (Å²) in [4.78, 5) is 0. The standard InChI is InChI=1S/C42H33O3P3.2C18H13Br2OP.C12H10OP.C6H4Br2.C6H4Br.C6H5Cl2OP.2C4H8O.BrH.2Mg.2H/c43-46(34-16-6-1-7-17-34,35-18-8-2-9-19-35)39-26-30-41(31-27-39)48(45,38-24-14-5-15-25-38)42-32-28-40(29-33-42)47(44,36-20-10-3-11-21-36)37-22-12-4-13-23-37;2*19-14-6-10-17(11-7-14)22(21,16-4-2-1-3-5-16)18-12-8-15(20)9-13-18;13-14(11-7-3-1-4-8-11)12-9-5-2-6-10-12;7-5-1-2-6(8)4-3-5;7-6-4-2-1-3-5-6;7-10(8,9)6-4-2-1-3-5-6;2*1-2-4-5-3-1;;;;;/h1-33H;2*1-13H;1-10H;1-4H;2-5H;1-5H;2*1-4H2;1H;;;;/q;;;+1;;-1;;;;;2*+2;2*-1/p-1. The van der Waals surface area contributed by atoms with Gasteiger partial charge in [0.05, 0.1) is 0 Å². The van der Waals surface area contributed by atoms with Crippen molar-refractivity contribution in [3.05, 3.63) is 535 Å². The Morgan fingerprint density at radius 2 is 0.340 bits per heavy atom. The fraction of sp³-hybridized carbons (Fsp3) is 0.0690. The predicted molar refractivity (Wildman–Crippen MR) is 641 cm³/mol. The van der Waals surface area contributed by atoms with Gasteiger partial charge in [-0.15, -0.1) is 0 Å². The van der Waals surface area contributed by atoms with Crippen LogP contribution in [0.4, 0.5) is 0 Å². The second kappa shape index (κ2) is 62.2. The maximum absolute atomic E-state index is 15.5. The van der Waals surface area contributed by atoms with Gasteiger partial charge in [0, 0.05) is 138 Å². The fourth-order valence-corrected chi connectivity index (χ4v) is 32.1. The van der Waals surface area contributed by atoms with Crippen LogP contribution in [0.5, 0.6) is 0 Å². The Balaban J connectivity index is 0.000000248. The quantitative estimate of drug-likeness (QED) is 0.0467. The number of hydrogen-bond acceptors (Lipinski definition) is 9. The molecule has 726 valence electrons. The third-order valence-corrected chi connectivity index (χ3v) is 44.6. The molecule has 2 aliphatic rings. The van der Waals surface area contributed by atoms with Crippen LogP contribution >= 0.6 is 183 Å². The molecule has 144 heavy (non-hydrogen) atoms. The normalized spacial score (nSPS) is 11.8. The average molecular weight is 2610 g/mol. The Bertz CT molecular complexity index is 6630. The van der Waals surface area contributed by atoms with E-state index in [-0.39, 0.29) is 65.9 Å². The Hall–Kier alpha value is -6.69. The molecule has 18 aromatic rings. The van der Waals surface area contributed by atoms with E-state index >= 15 is 4.57 Å². The van der Waals surface area contributed by atoms with Gasteiger partial charge in [-0.1, -0.05) is 436 Å². The average Bonchev–Trinajstić information content (AvgIpc) is 0.755. The van der Waals surface area contributed by atoms with E-state index in [1.165, 1.54) is 25.7 Å². The zero-order valence-corrected chi connectivity index (χ0v) is 101. The second-order valence-corrected chi connectivity index (χ2v) is 58.1. The molecular formula is C116H100Br8Cl2Mg2O9P7+. The third kappa shape index (κ3) is 34.7. The first kappa shape index (κ1) is 121. The summed E-state index contributed by atoms with van der Waals surface area (Å²) in [5, 5.41) is 13.6. The van der Waals surface area contributed by atoms with Crippen molar-refractivity contribution in [2.75, 3.05) is 26.4 Å². The second-order valence-electron chi connectivity index (χ2n) is 31.4. The van der Waals surface area contributed by atoms with Gasteiger partial charge in [0.15, 0.2) is 46.3 Å². The molecule has 0 aromatic heterocycles. The smallest absolute Gasteiger partial charge is 1.00 e. The number of hydrogen-bond donors (Lipinski definition) is 0. The summed E-state index contributed by atoms with van der Waals surface area (Å²) in [5.74, 6) is -3.07. The van der Waals surface area contributed by atoms with E-state index < -0.39 is 49.4 Å². The van der Waals surface area contributed by atoms with E-state index in [0.29, 0.717) is 31.8 Å². The molecule has 0 radical (unpaired) electrons. The SMILES string of the molecule is Brc1cc[c-]cc1.Brc1ccc(Br)cc1.C1CCOC1.C1CCOC1.O=P(Cl)(Cl)c1ccccc1.O=P(c1ccccc1)(c1ccc(Br)cc1)c1ccc(Br)cc1.O=P(c1ccccc1)(c1ccc(Br)cc1)c1ccc(Br)cc1.O=P(c1ccccc1)(c1ccccc1)c1ccc(P(=O)(c2ccccc2)c2ccc(P(=O)(c3ccccc3)c3ccccc3)cc2)cc1.O=[P+](c1ccccc1)c1ccccc1.[Br-].[H-].[H-].[Mg+2].[Mg+2]. The van der Waals surface area contributed by atoms with Crippen LogP contribution in [0.2, 0.25) is 0 Å². The summed E-state index contributed by atoms with van der Waals surface area (Å²) in [6.45, 7) is 4.00. The molecule has 2 saturated heterocycles. The van der Waals surface area contributed by atoms with E-state index in [4.69, 9.17) is 32.0 Å². The largest absolute Gasteiger partial charge is 2.00 e. The van der Waals surface area contributed by atoms with Crippen molar-refractivity contribution in [1.82, 2.24) is 0 Å². The van der Waals surface area contributed by atoms with E-state index in [0.717, 1.165) is 121 Å². The Morgan fingerprint density at radius 3 is 0.472 bits per heavy atom. The summed E-state index contributed by atoms with van der Waals surface area (Å²) in [6, 6.07) is 159. The molecule has 0 N–H and O–H groups in total. The van der Waals surface area contributed by atoms with E-state index in [1.807, 2.05) is 473 Å². The molecule has 18 aromatic carbocycles. The zero-order chi connectivity index (χ0) is 99.8. The molecule has 0 saturated carbocycles. The number of rotatable bonds is 18. The van der Waals surface area contributed by atoms with Crippen molar-refractivity contribution < 1.29 is 61.3 Å². The van der Waals surface area contributed by atoms with Crippen LogP contribution in [0.25, 0.3) is 0 Å². The Morgan fingerprint density at radius 1 is 0.208 bits per heavy atom. The molecule has 0 spiro atoms. The zero-order valence-electron chi connectivity index (χ0n) is 80.0. The molecule has 0 bridgehead atoms. The first-order valence-electron chi connectivity index (χ1n) is 44.8. The molecule has 2 heterocycles. The Kier molecular flexibility index (Phi) is 52.2. The molecule has 0 amide bonds. The van der Waals surface area contributed by atoms with Gasteiger partial charge in [-0.05, 0) is 206 Å². The first-order chi connectivity index (χ1) is 68.3.